The van der Waals surface area contributed by atoms with E-state index in [1.165, 1.54) is 30.2 Å². The minimum Gasteiger partial charge on any atom is -0.497 e. The fraction of sp³-hybridized carbons (Fsp3) is 0.300. The molecule has 0 fully saturated rings. The van der Waals surface area contributed by atoms with Crippen molar-refractivity contribution in [3.05, 3.63) is 75.7 Å². The van der Waals surface area contributed by atoms with Crippen molar-refractivity contribution in [1.82, 2.24) is 10.2 Å². The topological polar surface area (TPSA) is 143 Å². The van der Waals surface area contributed by atoms with E-state index in [2.05, 4.69) is 21.6 Å². The average Bonchev–Trinajstić information content (AvgIpc) is 3.43. The molecular weight excluding hydrogens is 608 g/mol. The van der Waals surface area contributed by atoms with E-state index in [0.717, 1.165) is 5.56 Å². The number of aromatic nitrogens is 2. The van der Waals surface area contributed by atoms with Crippen LogP contribution >= 0.6 is 34.7 Å². The summed E-state index contributed by atoms with van der Waals surface area (Å²) in [5.41, 5.74) is 9.05. The number of nitrogens with one attached hydrogen (secondary N) is 1. The van der Waals surface area contributed by atoms with Crippen LogP contribution in [-0.2, 0) is 9.59 Å². The monoisotopic (exact) mass is 636 g/mol. The molecule has 13 heteroatoms. The van der Waals surface area contributed by atoms with Crippen LogP contribution in [0.2, 0.25) is 5.02 Å². The number of carbonyl (C=O) groups is 2. The summed E-state index contributed by atoms with van der Waals surface area (Å²) in [5.74, 6) is 0.384. The fourth-order valence-corrected chi connectivity index (χ4v) is 7.19. The molecule has 0 bridgehead atoms. The van der Waals surface area contributed by atoms with E-state index in [1.54, 1.807) is 48.4 Å². The van der Waals surface area contributed by atoms with Crippen LogP contribution in [0.1, 0.15) is 38.2 Å². The van der Waals surface area contributed by atoms with Gasteiger partial charge in [0.2, 0.25) is 11.0 Å². The third-order valence-electron chi connectivity index (χ3n) is 7.16. The van der Waals surface area contributed by atoms with Crippen LogP contribution in [0.15, 0.2) is 69.5 Å². The molecule has 1 aliphatic heterocycles. The Hall–Kier alpha value is -4.05. The van der Waals surface area contributed by atoms with Gasteiger partial charge in [0.05, 0.1) is 43.2 Å². The number of nitrogens with two attached hydrogens (primary N) is 1. The molecule has 1 atom stereocenters. The van der Waals surface area contributed by atoms with Crippen molar-refractivity contribution in [2.75, 3.05) is 30.2 Å². The number of anilines is 2. The minimum atomic E-state index is -0.640. The molecule has 43 heavy (non-hydrogen) atoms. The van der Waals surface area contributed by atoms with Crippen LogP contribution in [0.25, 0.3) is 0 Å². The number of benzene rings is 2. The van der Waals surface area contributed by atoms with E-state index in [9.17, 15) is 14.9 Å². The predicted molar refractivity (Wildman–Crippen MR) is 167 cm³/mol. The molecule has 2 aliphatic rings. The number of carbonyl (C=O) groups excluding carboxylic acids is 2. The Kier molecular flexibility index (Phi) is 8.69. The molecule has 10 nitrogen and oxygen atoms in total. The Morgan fingerprint density at radius 3 is 2.72 bits per heavy atom. The summed E-state index contributed by atoms with van der Waals surface area (Å²) in [6, 6.07) is 14.5. The first-order chi connectivity index (χ1) is 20.5. The number of allylic oxidation sites excluding steroid dienone is 3. The lowest BCUT2D eigenvalue weighted by molar-refractivity contribution is -0.118. The van der Waals surface area contributed by atoms with Crippen LogP contribution in [0, 0.1) is 16.7 Å². The molecular formula is C30H29ClN6O4S2. The van der Waals surface area contributed by atoms with Gasteiger partial charge in [-0.05, 0) is 41.7 Å². The Bertz CT molecular complexity index is 1710. The highest BCUT2D eigenvalue weighted by Gasteiger charge is 2.45. The summed E-state index contributed by atoms with van der Waals surface area (Å²) in [6.07, 6.45) is 0.874. The number of thioether (sulfide) groups is 1. The van der Waals surface area contributed by atoms with E-state index in [0.29, 0.717) is 55.8 Å². The fourth-order valence-electron chi connectivity index (χ4n) is 5.31. The van der Waals surface area contributed by atoms with Gasteiger partial charge < -0.3 is 20.5 Å². The van der Waals surface area contributed by atoms with Crippen LogP contribution < -0.4 is 25.4 Å². The maximum absolute atomic E-state index is 13.7. The zero-order valence-electron chi connectivity index (χ0n) is 23.9. The van der Waals surface area contributed by atoms with E-state index in [-0.39, 0.29) is 34.3 Å². The number of nitriles is 1. The average molecular weight is 637 g/mol. The number of methoxy groups -OCH3 is 2. The molecule has 0 saturated heterocycles. The summed E-state index contributed by atoms with van der Waals surface area (Å²) >= 11 is 8.74. The molecule has 222 valence electrons. The largest absolute Gasteiger partial charge is 0.497 e. The van der Waals surface area contributed by atoms with Gasteiger partial charge in [-0.1, -0.05) is 60.7 Å². The zero-order valence-corrected chi connectivity index (χ0v) is 26.3. The van der Waals surface area contributed by atoms with Crippen molar-refractivity contribution in [2.45, 2.75) is 36.9 Å². The maximum atomic E-state index is 13.7. The highest BCUT2D eigenvalue weighted by molar-refractivity contribution is 8.01. The molecule has 2 heterocycles. The second kappa shape index (κ2) is 12.3. The quantitative estimate of drug-likeness (QED) is 0.288. The normalized spacial score (nSPS) is 17.8. The number of ketones is 1. The van der Waals surface area contributed by atoms with Crippen molar-refractivity contribution in [2.24, 2.45) is 11.1 Å². The second-order valence-electron chi connectivity index (χ2n) is 10.8. The summed E-state index contributed by atoms with van der Waals surface area (Å²) < 4.78 is 11.1. The van der Waals surface area contributed by atoms with E-state index in [4.69, 9.17) is 26.8 Å². The second-order valence-corrected chi connectivity index (χ2v) is 13.4. The highest BCUT2D eigenvalue weighted by Crippen LogP contribution is 2.51. The Morgan fingerprint density at radius 2 is 2.02 bits per heavy atom. The van der Waals surface area contributed by atoms with Gasteiger partial charge in [-0.2, -0.15) is 5.26 Å². The van der Waals surface area contributed by atoms with Gasteiger partial charge in [-0.15, -0.1) is 10.2 Å². The molecule has 3 N–H and O–H groups in total. The number of Topliss-reactive ketones (excluding diaryl/α,β-unsaturated/α-hetero) is 1. The van der Waals surface area contributed by atoms with E-state index >= 15 is 0 Å². The lowest BCUT2D eigenvalue weighted by atomic mass is 9.69. The van der Waals surface area contributed by atoms with Crippen molar-refractivity contribution < 1.29 is 19.1 Å². The van der Waals surface area contributed by atoms with Crippen LogP contribution in [0.4, 0.5) is 10.8 Å². The molecule has 0 saturated carbocycles. The number of nitrogens with zero attached hydrogens (tertiary/aromatic N) is 4. The lowest BCUT2D eigenvalue weighted by Gasteiger charge is -2.42. The number of rotatable bonds is 8. The Balaban J connectivity index is 1.43. The maximum Gasteiger partial charge on any atom is 0.234 e. The predicted octanol–water partition coefficient (Wildman–Crippen LogP) is 5.88. The van der Waals surface area contributed by atoms with Gasteiger partial charge in [0.1, 0.15) is 17.3 Å². The number of halogens is 1. The molecule has 1 unspecified atom stereocenters. The third kappa shape index (κ3) is 6.20. The van der Waals surface area contributed by atoms with Gasteiger partial charge in [-0.3, -0.25) is 14.5 Å². The molecule has 1 aliphatic carbocycles. The molecule has 2 aromatic carbocycles. The summed E-state index contributed by atoms with van der Waals surface area (Å²) in [5, 5.41) is 22.7. The standard InChI is InChI=1S/C30H29ClN6O4S2/c1-30(2)12-21-26(22(38)13-30)25(16-6-5-7-17(31)10-16)19(14-32)27(33)37(21)28-35-36-29(43-28)42-15-24(39)34-20-9-8-18(40-3)11-23(20)41-4/h5-11,25H,12-13,15,33H2,1-4H3,(H,34,39). The van der Waals surface area contributed by atoms with E-state index in [1.807, 2.05) is 19.9 Å². The van der Waals surface area contributed by atoms with Crippen LogP contribution in [-0.4, -0.2) is 41.9 Å². The van der Waals surface area contributed by atoms with Gasteiger partial charge in [0.25, 0.3) is 0 Å². The number of hydrogen-bond acceptors (Lipinski definition) is 11. The molecule has 0 radical (unpaired) electrons. The third-order valence-corrected chi connectivity index (χ3v) is 9.44. The van der Waals surface area contributed by atoms with Gasteiger partial charge in [0, 0.05) is 28.8 Å². The van der Waals surface area contributed by atoms with Crippen molar-refractivity contribution >= 4 is 57.2 Å². The molecule has 3 aromatic rings. The van der Waals surface area contributed by atoms with Gasteiger partial charge in [-0.25, -0.2) is 0 Å². The van der Waals surface area contributed by atoms with Crippen LogP contribution in [0.3, 0.4) is 0 Å². The first-order valence-electron chi connectivity index (χ1n) is 13.2. The van der Waals surface area contributed by atoms with Crippen LogP contribution in [0.5, 0.6) is 11.5 Å². The first-order valence-corrected chi connectivity index (χ1v) is 15.4. The summed E-state index contributed by atoms with van der Waals surface area (Å²) in [4.78, 5) is 28.1. The van der Waals surface area contributed by atoms with E-state index < -0.39 is 5.92 Å². The highest BCUT2D eigenvalue weighted by atomic mass is 35.5. The smallest absolute Gasteiger partial charge is 0.234 e. The SMILES string of the molecule is COc1ccc(NC(=O)CSc2nnc(N3C(N)=C(C#N)C(c4cccc(Cl)c4)C4=C3CC(C)(C)CC4=O)s2)c(OC)c1. The van der Waals surface area contributed by atoms with Crippen molar-refractivity contribution in [3.63, 3.8) is 0 Å². The molecule has 1 amide bonds. The Morgan fingerprint density at radius 1 is 1.23 bits per heavy atom. The number of amides is 1. The lowest BCUT2D eigenvalue weighted by Crippen LogP contribution is -2.42. The van der Waals surface area contributed by atoms with Crippen molar-refractivity contribution in [3.8, 4) is 17.6 Å². The molecule has 5 rings (SSSR count). The van der Waals surface area contributed by atoms with Crippen molar-refractivity contribution in [1.29, 1.82) is 5.26 Å². The van der Waals surface area contributed by atoms with Gasteiger partial charge in [0.15, 0.2) is 10.1 Å². The number of ether oxygens (including phenoxy) is 2. The number of hydrogen-bond donors (Lipinski definition) is 2. The molecule has 1 aromatic heterocycles. The minimum absolute atomic E-state index is 0.0498. The summed E-state index contributed by atoms with van der Waals surface area (Å²) in [6.45, 7) is 4.05. The summed E-state index contributed by atoms with van der Waals surface area (Å²) in [7, 11) is 3.07. The van der Waals surface area contributed by atoms with Gasteiger partial charge >= 0.3 is 0 Å². The molecule has 0 spiro atoms. The first kappa shape index (κ1) is 30.4. The Labute approximate surface area is 262 Å². The zero-order chi connectivity index (χ0) is 30.9.